The molecule has 0 radical (unpaired) electrons. The largest absolute Gasteiger partial charge is 0.462 e. The van der Waals surface area contributed by atoms with E-state index in [9.17, 15) is 39.1 Å². The molecule has 5 N–H and O–H groups in total. The van der Waals surface area contributed by atoms with Gasteiger partial charge in [-0.25, -0.2) is 8.78 Å². The topological polar surface area (TPSA) is 140 Å². The summed E-state index contributed by atoms with van der Waals surface area (Å²) in [4.78, 5) is 14.8. The van der Waals surface area contributed by atoms with Crippen LogP contribution in [0.4, 0.5) is 14.5 Å². The summed E-state index contributed by atoms with van der Waals surface area (Å²) in [5.41, 5.74) is 1.79. The Morgan fingerprint density at radius 2 is 1.46 bits per heavy atom. The number of amides is 1. The molecule has 5 rings (SSSR count). The third-order valence-corrected chi connectivity index (χ3v) is 7.65. The number of benzene rings is 3. The quantitative estimate of drug-likeness (QED) is 0.247. The second kappa shape index (κ2) is 12.2. The SMILES string of the molecule is O=C1[C@H](CC[C@H](O)c2ccc(F)cc2)[C@@H](c2ccc(O[C@@H]3O[C@H](CO)[C@@H](O)[C@H](O)[C@H]3O)cc2)N1c1ccc(F)cc1. The first-order chi connectivity index (χ1) is 19.7. The minimum absolute atomic E-state index is 0.186. The zero-order valence-electron chi connectivity index (χ0n) is 21.8. The van der Waals surface area contributed by atoms with Gasteiger partial charge in [0, 0.05) is 5.69 Å². The smallest absolute Gasteiger partial charge is 0.233 e. The van der Waals surface area contributed by atoms with E-state index in [4.69, 9.17) is 9.47 Å². The highest BCUT2D eigenvalue weighted by Crippen LogP contribution is 2.46. The van der Waals surface area contributed by atoms with Gasteiger partial charge in [0.2, 0.25) is 12.2 Å². The van der Waals surface area contributed by atoms with Crippen molar-refractivity contribution in [1.29, 1.82) is 0 Å². The van der Waals surface area contributed by atoms with Crippen molar-refractivity contribution in [3.05, 3.63) is 95.6 Å². The molecule has 0 spiro atoms. The Morgan fingerprint density at radius 3 is 2.07 bits per heavy atom. The Morgan fingerprint density at radius 1 is 0.854 bits per heavy atom. The molecule has 2 heterocycles. The van der Waals surface area contributed by atoms with E-state index < -0.39 is 67.0 Å². The summed E-state index contributed by atoms with van der Waals surface area (Å²) in [6, 6.07) is 17.3. The van der Waals surface area contributed by atoms with Gasteiger partial charge in [0.25, 0.3) is 0 Å². The molecule has 8 atom stereocenters. The Kier molecular flexibility index (Phi) is 8.64. The lowest BCUT2D eigenvalue weighted by Crippen LogP contribution is -2.60. The minimum Gasteiger partial charge on any atom is -0.462 e. The van der Waals surface area contributed by atoms with Gasteiger partial charge in [-0.3, -0.25) is 4.79 Å². The highest BCUT2D eigenvalue weighted by atomic mass is 19.1. The molecule has 2 saturated heterocycles. The summed E-state index contributed by atoms with van der Waals surface area (Å²) < 4.78 is 37.9. The molecule has 3 aromatic rings. The molecule has 0 unspecified atom stereocenters. The van der Waals surface area contributed by atoms with Crippen molar-refractivity contribution in [2.24, 2.45) is 5.92 Å². The molecule has 0 aliphatic carbocycles. The number of hydrogen-bond acceptors (Lipinski definition) is 8. The highest BCUT2D eigenvalue weighted by Gasteiger charge is 2.49. The van der Waals surface area contributed by atoms with Crippen LogP contribution in [0.2, 0.25) is 0 Å². The van der Waals surface area contributed by atoms with Gasteiger partial charge in [-0.1, -0.05) is 24.3 Å². The lowest BCUT2D eigenvalue weighted by molar-refractivity contribution is -0.277. The van der Waals surface area contributed by atoms with Crippen LogP contribution < -0.4 is 9.64 Å². The minimum atomic E-state index is -1.58. The maximum absolute atomic E-state index is 13.6. The zero-order chi connectivity index (χ0) is 29.3. The molecule has 2 aliphatic rings. The standard InChI is InChI=1S/C30H31F2NO8/c31-18-5-1-16(2-6-18)23(35)14-13-22-25(33(29(22)39)20-9-7-19(32)8-10-20)17-3-11-21(12-4-17)40-30-28(38)27(37)26(36)24(15-34)41-30/h1-12,22-28,30,34-38H,13-15H2/t22-,23+,24-,25-,26-,27+,28-,30-/m1/s1. The van der Waals surface area contributed by atoms with Crippen LogP contribution in [0.3, 0.4) is 0 Å². The van der Waals surface area contributed by atoms with Crippen LogP contribution in [0.1, 0.15) is 36.1 Å². The fourth-order valence-electron chi connectivity index (χ4n) is 5.33. The molecule has 9 nitrogen and oxygen atoms in total. The number of ether oxygens (including phenoxy) is 2. The molecule has 0 bridgehead atoms. The van der Waals surface area contributed by atoms with E-state index in [1.165, 1.54) is 48.5 Å². The number of hydrogen-bond donors (Lipinski definition) is 5. The van der Waals surface area contributed by atoms with E-state index in [-0.39, 0.29) is 18.1 Å². The summed E-state index contributed by atoms with van der Waals surface area (Å²) in [6.07, 6.45) is -7.42. The summed E-state index contributed by atoms with van der Waals surface area (Å²) >= 11 is 0. The lowest BCUT2D eigenvalue weighted by Gasteiger charge is -2.48. The predicted molar refractivity (Wildman–Crippen MR) is 142 cm³/mol. The van der Waals surface area contributed by atoms with Crippen LogP contribution >= 0.6 is 0 Å². The fraction of sp³-hybridized carbons (Fsp3) is 0.367. The summed E-state index contributed by atoms with van der Waals surface area (Å²) in [5.74, 6) is -1.27. The number of aliphatic hydroxyl groups is 5. The molecule has 0 saturated carbocycles. The first-order valence-corrected chi connectivity index (χ1v) is 13.3. The average molecular weight is 572 g/mol. The summed E-state index contributed by atoms with van der Waals surface area (Å²) in [7, 11) is 0. The fourth-order valence-corrected chi connectivity index (χ4v) is 5.33. The van der Waals surface area contributed by atoms with Crippen LogP contribution in [0.25, 0.3) is 0 Å². The molecule has 3 aromatic carbocycles. The van der Waals surface area contributed by atoms with E-state index in [1.807, 2.05) is 0 Å². The Bertz CT molecular complexity index is 1320. The van der Waals surface area contributed by atoms with Gasteiger partial charge in [-0.2, -0.15) is 0 Å². The van der Waals surface area contributed by atoms with Crippen molar-refractivity contribution < 1.29 is 48.6 Å². The van der Waals surface area contributed by atoms with Crippen LogP contribution in [0.15, 0.2) is 72.8 Å². The number of anilines is 1. The zero-order valence-corrected chi connectivity index (χ0v) is 21.8. The van der Waals surface area contributed by atoms with Crippen LogP contribution in [-0.2, 0) is 9.53 Å². The molecule has 2 fully saturated rings. The summed E-state index contributed by atoms with van der Waals surface area (Å²) in [5, 5.41) is 50.3. The molecule has 1 amide bonds. The van der Waals surface area contributed by atoms with Gasteiger partial charge in [0.05, 0.1) is 24.7 Å². The molecule has 218 valence electrons. The molecule has 0 aromatic heterocycles. The van der Waals surface area contributed by atoms with Gasteiger partial charge in [-0.05, 0) is 72.5 Å². The maximum Gasteiger partial charge on any atom is 0.233 e. The van der Waals surface area contributed by atoms with Crippen molar-refractivity contribution in [2.75, 3.05) is 11.5 Å². The van der Waals surface area contributed by atoms with Gasteiger partial charge in [0.1, 0.15) is 41.8 Å². The van der Waals surface area contributed by atoms with Crippen molar-refractivity contribution in [1.82, 2.24) is 0 Å². The molecular formula is C30H31F2NO8. The average Bonchev–Trinajstić information content (AvgIpc) is 2.98. The monoisotopic (exact) mass is 571 g/mol. The molecular weight excluding hydrogens is 540 g/mol. The Hall–Kier alpha value is -3.45. The normalized spacial score (nSPS) is 28.7. The second-order valence-corrected chi connectivity index (χ2v) is 10.3. The van der Waals surface area contributed by atoms with Gasteiger partial charge in [0.15, 0.2) is 0 Å². The number of aliphatic hydroxyl groups excluding tert-OH is 5. The Labute approximate surface area is 234 Å². The highest BCUT2D eigenvalue weighted by molar-refractivity contribution is 6.03. The van der Waals surface area contributed by atoms with E-state index in [0.717, 1.165) is 5.56 Å². The number of rotatable bonds is 9. The number of nitrogens with zero attached hydrogens (tertiary/aromatic N) is 1. The third kappa shape index (κ3) is 5.96. The first-order valence-electron chi connectivity index (χ1n) is 13.3. The van der Waals surface area contributed by atoms with Gasteiger partial charge in [-0.15, -0.1) is 0 Å². The van der Waals surface area contributed by atoms with E-state index in [2.05, 4.69) is 0 Å². The van der Waals surface area contributed by atoms with Crippen LogP contribution in [-0.4, -0.2) is 68.8 Å². The van der Waals surface area contributed by atoms with Crippen molar-refractivity contribution in [3.8, 4) is 5.75 Å². The number of halogens is 2. The number of carbonyl (C=O) groups excluding carboxylic acids is 1. The maximum atomic E-state index is 13.6. The van der Waals surface area contributed by atoms with E-state index in [0.29, 0.717) is 17.7 Å². The van der Waals surface area contributed by atoms with Crippen molar-refractivity contribution >= 4 is 11.6 Å². The Balaban J connectivity index is 1.33. The van der Waals surface area contributed by atoms with Gasteiger partial charge < -0.3 is 39.9 Å². The second-order valence-electron chi connectivity index (χ2n) is 10.3. The van der Waals surface area contributed by atoms with Gasteiger partial charge >= 0.3 is 0 Å². The van der Waals surface area contributed by atoms with Crippen molar-refractivity contribution in [2.45, 2.75) is 55.7 Å². The van der Waals surface area contributed by atoms with Crippen LogP contribution in [0.5, 0.6) is 5.75 Å². The lowest BCUT2D eigenvalue weighted by atomic mass is 9.78. The number of β-lactam (4-membered cyclic amide) rings is 1. The van der Waals surface area contributed by atoms with E-state index >= 15 is 0 Å². The predicted octanol–water partition coefficient (Wildman–Crippen LogP) is 2.36. The van der Waals surface area contributed by atoms with Crippen molar-refractivity contribution in [3.63, 3.8) is 0 Å². The number of carbonyl (C=O) groups is 1. The first kappa shape index (κ1) is 29.1. The molecule has 11 heteroatoms. The molecule has 2 aliphatic heterocycles. The third-order valence-electron chi connectivity index (χ3n) is 7.65. The molecule has 41 heavy (non-hydrogen) atoms. The van der Waals surface area contributed by atoms with Crippen LogP contribution in [0, 0.1) is 17.6 Å². The summed E-state index contributed by atoms with van der Waals surface area (Å²) in [6.45, 7) is -0.587. The van der Waals surface area contributed by atoms with E-state index in [1.54, 1.807) is 29.2 Å².